The lowest BCUT2D eigenvalue weighted by Crippen LogP contribution is -2.60. The van der Waals surface area contributed by atoms with Gasteiger partial charge in [-0.15, -0.1) is 0 Å². The van der Waals surface area contributed by atoms with E-state index in [1.165, 1.54) is 7.11 Å². The van der Waals surface area contributed by atoms with Gasteiger partial charge in [0.1, 0.15) is 24.1 Å². The van der Waals surface area contributed by atoms with Crippen LogP contribution in [0.2, 0.25) is 0 Å². The summed E-state index contributed by atoms with van der Waals surface area (Å²) < 4.78 is 37.5. The van der Waals surface area contributed by atoms with Gasteiger partial charge in [0.05, 0.1) is 47.6 Å². The number of carbonyl (C=O) groups excluding carboxylic acids is 2. The quantitative estimate of drug-likeness (QED) is 0.282. The zero-order chi connectivity index (χ0) is 38.9. The van der Waals surface area contributed by atoms with Crippen LogP contribution >= 0.6 is 0 Å². The Kier molecular flexibility index (Phi) is 15.1. The topological polar surface area (TPSA) is 174 Å². The summed E-state index contributed by atoms with van der Waals surface area (Å²) in [6.07, 6.45) is -8.41. The Labute approximate surface area is 305 Å². The van der Waals surface area contributed by atoms with Crippen molar-refractivity contribution in [2.24, 2.45) is 35.5 Å². The third-order valence-electron chi connectivity index (χ3n) is 11.9. The van der Waals surface area contributed by atoms with Crippen LogP contribution in [0.1, 0.15) is 95.4 Å². The Morgan fingerprint density at radius 3 is 2.02 bits per heavy atom. The van der Waals surface area contributed by atoms with E-state index in [0.717, 1.165) is 0 Å². The lowest BCUT2D eigenvalue weighted by Gasteiger charge is -2.49. The van der Waals surface area contributed by atoms with Crippen molar-refractivity contribution >= 4 is 11.8 Å². The third-order valence-corrected chi connectivity index (χ3v) is 11.9. The fourth-order valence-corrected chi connectivity index (χ4v) is 8.60. The van der Waals surface area contributed by atoms with Crippen LogP contribution < -0.4 is 0 Å². The first-order chi connectivity index (χ1) is 23.5. The molecule has 298 valence electrons. The van der Waals surface area contributed by atoms with E-state index in [-0.39, 0.29) is 36.7 Å². The molecule has 0 radical (unpaired) electrons. The number of aliphatic hydroxyl groups is 4. The fraction of sp³-hybridized carbons (Fsp3) is 0.947. The van der Waals surface area contributed by atoms with Crippen molar-refractivity contribution in [3.8, 4) is 0 Å². The second kappa shape index (κ2) is 17.5. The molecule has 3 rings (SSSR count). The summed E-state index contributed by atoms with van der Waals surface area (Å²) in [6.45, 7) is 19.4. The van der Waals surface area contributed by atoms with Gasteiger partial charge in [-0.05, 0) is 67.5 Å². The first-order valence-electron chi connectivity index (χ1n) is 18.8. The lowest BCUT2D eigenvalue weighted by atomic mass is 9.74. The van der Waals surface area contributed by atoms with Crippen molar-refractivity contribution in [2.45, 2.75) is 174 Å². The van der Waals surface area contributed by atoms with Gasteiger partial charge in [0.25, 0.3) is 0 Å². The van der Waals surface area contributed by atoms with Crippen molar-refractivity contribution in [2.75, 3.05) is 21.2 Å². The second-order valence-corrected chi connectivity index (χ2v) is 17.0. The van der Waals surface area contributed by atoms with Crippen LogP contribution in [0, 0.1) is 35.5 Å². The summed E-state index contributed by atoms with van der Waals surface area (Å²) >= 11 is 0. The maximum Gasteiger partial charge on any atom is 0.311 e. The molecule has 3 heterocycles. The molecule has 3 aliphatic rings. The predicted octanol–water partition coefficient (Wildman–Crippen LogP) is 2.92. The summed E-state index contributed by atoms with van der Waals surface area (Å²) in [5, 5.41) is 46.2. The molecule has 13 heteroatoms. The molecule has 3 aliphatic heterocycles. The molecule has 0 amide bonds. The van der Waals surface area contributed by atoms with Crippen LogP contribution in [0.15, 0.2) is 0 Å². The van der Waals surface area contributed by atoms with E-state index in [0.29, 0.717) is 6.42 Å². The minimum absolute atomic E-state index is 0.0498. The van der Waals surface area contributed by atoms with Crippen molar-refractivity contribution in [3.63, 3.8) is 0 Å². The van der Waals surface area contributed by atoms with Gasteiger partial charge in [-0.1, -0.05) is 41.5 Å². The smallest absolute Gasteiger partial charge is 0.311 e. The molecule has 0 saturated carbocycles. The van der Waals surface area contributed by atoms with Gasteiger partial charge in [-0.2, -0.15) is 0 Å². The zero-order valence-corrected chi connectivity index (χ0v) is 33.4. The largest absolute Gasteiger partial charge is 0.461 e. The van der Waals surface area contributed by atoms with Crippen molar-refractivity contribution < 1.29 is 58.4 Å². The molecule has 13 nitrogen and oxygen atoms in total. The summed E-state index contributed by atoms with van der Waals surface area (Å²) in [5.41, 5.74) is -2.74. The summed E-state index contributed by atoms with van der Waals surface area (Å²) in [4.78, 5) is 29.9. The standard InChI is InChI=1S/C38H69NO12/c1-18(2)31-22(6)29(41)21(5)28(40)19(3)16-37(10,45)34(51-36-30(42)26(39(12)13)15-20(4)47-36)23(7)32(24(8)35(44)50-31)49-27-17-38(11,46-14)33(43)25(9)48-27/h18-27,29-34,36,41-43,45H,15-17H2,1-14H3/t19-,20-,21+,22-,23+,24-,25+,26+,27+,29-,30-,31+,32+,33+,34-,36+,37+,38-/m1/s1. The number of aliphatic hydroxyl groups excluding tert-OH is 3. The minimum Gasteiger partial charge on any atom is -0.461 e. The lowest BCUT2D eigenvalue weighted by molar-refractivity contribution is -0.317. The van der Waals surface area contributed by atoms with Gasteiger partial charge in [-0.25, -0.2) is 0 Å². The Morgan fingerprint density at radius 2 is 1.47 bits per heavy atom. The van der Waals surface area contributed by atoms with E-state index in [9.17, 15) is 30.0 Å². The van der Waals surface area contributed by atoms with Crippen LogP contribution in [0.5, 0.6) is 0 Å². The first kappa shape index (κ1) is 44.1. The molecule has 0 spiro atoms. The molecule has 0 aromatic carbocycles. The van der Waals surface area contributed by atoms with E-state index in [1.807, 2.05) is 39.8 Å². The average Bonchev–Trinajstić information content (AvgIpc) is 3.05. The maximum absolute atomic E-state index is 14.2. The SMILES string of the molecule is CO[C@]1(C)C[C@H](O[C@H]2[C@H](C)[C@@H](O[C@@H]3O[C@H](C)C[C@H](N(C)C)[C@H]3O)[C@@](C)(O)C[C@@H](C)C(=O)[C@H](C)[C@@H](O)[C@@H](C)[C@H](C(C)C)OC(=O)[C@@H]2C)O[C@@H](C)[C@@H]1O. The highest BCUT2D eigenvalue weighted by molar-refractivity contribution is 5.83. The van der Waals surface area contributed by atoms with E-state index in [2.05, 4.69) is 0 Å². The van der Waals surface area contributed by atoms with Gasteiger partial charge in [-0.3, -0.25) is 9.59 Å². The summed E-state index contributed by atoms with van der Waals surface area (Å²) in [7, 11) is 5.24. The number of rotatable bonds is 7. The molecule has 0 bridgehead atoms. The van der Waals surface area contributed by atoms with Crippen molar-refractivity contribution in [3.05, 3.63) is 0 Å². The van der Waals surface area contributed by atoms with Crippen molar-refractivity contribution in [1.29, 1.82) is 0 Å². The number of methoxy groups -OCH3 is 1. The molecule has 0 aromatic rings. The predicted molar refractivity (Wildman–Crippen MR) is 189 cm³/mol. The highest BCUT2D eigenvalue weighted by Crippen LogP contribution is 2.40. The van der Waals surface area contributed by atoms with E-state index in [1.54, 1.807) is 55.4 Å². The molecule has 4 N–H and O–H groups in total. The summed E-state index contributed by atoms with van der Waals surface area (Å²) in [5.74, 6) is -4.84. The molecule has 0 aliphatic carbocycles. The highest BCUT2D eigenvalue weighted by atomic mass is 16.7. The number of nitrogens with zero attached hydrogens (tertiary/aromatic N) is 1. The fourth-order valence-electron chi connectivity index (χ4n) is 8.60. The van der Waals surface area contributed by atoms with E-state index < -0.39 is 102 Å². The number of likely N-dealkylation sites (N-methyl/N-ethyl adjacent to an activating group) is 1. The molecule has 3 fully saturated rings. The maximum atomic E-state index is 14.2. The van der Waals surface area contributed by atoms with Crippen LogP contribution in [-0.4, -0.2) is 137 Å². The number of hydrogen-bond donors (Lipinski definition) is 4. The Bertz CT molecular complexity index is 1150. The van der Waals surface area contributed by atoms with Crippen LogP contribution in [0.4, 0.5) is 0 Å². The Morgan fingerprint density at radius 1 is 0.863 bits per heavy atom. The number of esters is 1. The monoisotopic (exact) mass is 731 g/mol. The van der Waals surface area contributed by atoms with Gasteiger partial charge < -0.3 is 53.7 Å². The van der Waals surface area contributed by atoms with E-state index >= 15 is 0 Å². The van der Waals surface area contributed by atoms with Crippen molar-refractivity contribution in [1.82, 2.24) is 4.90 Å². The van der Waals surface area contributed by atoms with Gasteiger partial charge in [0.15, 0.2) is 12.6 Å². The number of hydrogen-bond acceptors (Lipinski definition) is 13. The minimum atomic E-state index is -1.73. The Balaban J connectivity index is 2.18. The number of cyclic esters (lactones) is 1. The van der Waals surface area contributed by atoms with Gasteiger partial charge in [0, 0.05) is 43.2 Å². The summed E-state index contributed by atoms with van der Waals surface area (Å²) in [6, 6.07) is -0.300. The van der Waals surface area contributed by atoms with E-state index in [4.69, 9.17) is 28.4 Å². The Hall–Kier alpha value is -1.26. The van der Waals surface area contributed by atoms with Gasteiger partial charge in [0.2, 0.25) is 0 Å². The molecular weight excluding hydrogens is 662 g/mol. The van der Waals surface area contributed by atoms with Gasteiger partial charge >= 0.3 is 5.97 Å². The van der Waals surface area contributed by atoms with Crippen LogP contribution in [-0.2, 0) is 38.0 Å². The first-order valence-corrected chi connectivity index (χ1v) is 18.8. The average molecular weight is 732 g/mol. The number of carbonyl (C=O) groups is 2. The molecular formula is C38H69NO12. The molecule has 0 aromatic heterocycles. The molecule has 3 saturated heterocycles. The van der Waals surface area contributed by atoms with Crippen LogP contribution in [0.3, 0.4) is 0 Å². The highest BCUT2D eigenvalue weighted by Gasteiger charge is 2.52. The second-order valence-electron chi connectivity index (χ2n) is 17.0. The number of ether oxygens (including phenoxy) is 6. The molecule has 51 heavy (non-hydrogen) atoms. The zero-order valence-electron chi connectivity index (χ0n) is 33.4. The third kappa shape index (κ3) is 9.89. The normalized spacial score (nSPS) is 48.4. The van der Waals surface area contributed by atoms with Crippen LogP contribution in [0.25, 0.3) is 0 Å². The number of Topliss-reactive ketones (excluding diaryl/α,β-unsaturated/α-hetero) is 1. The molecule has 18 atom stereocenters. The molecule has 0 unspecified atom stereocenters. The number of ketones is 1.